The predicted octanol–water partition coefficient (Wildman–Crippen LogP) is 3.28. The fourth-order valence-electron chi connectivity index (χ4n) is 3.65. The molecular weight excluding hydrogens is 348 g/mol. The van der Waals surface area contributed by atoms with E-state index in [2.05, 4.69) is 11.0 Å². The van der Waals surface area contributed by atoms with E-state index in [0.29, 0.717) is 30.3 Å². The number of sulfonamides is 1. The maximum atomic E-state index is 12.8. The molecule has 1 aromatic carbocycles. The average molecular weight is 379 g/mol. The van der Waals surface area contributed by atoms with Crippen LogP contribution in [0.4, 0.5) is 0 Å². The lowest BCUT2D eigenvalue weighted by atomic mass is 9.97. The van der Waals surface area contributed by atoms with Gasteiger partial charge in [-0.05, 0) is 63.3 Å². The molecule has 0 bridgehead atoms. The molecule has 1 aliphatic heterocycles. The minimum Gasteiger partial charge on any atom is -0.494 e. The smallest absolute Gasteiger partial charge is 0.243 e. The van der Waals surface area contributed by atoms with Crippen molar-refractivity contribution in [2.75, 3.05) is 39.3 Å². The summed E-state index contributed by atoms with van der Waals surface area (Å²) in [7, 11) is -3.41. The zero-order valence-corrected chi connectivity index (χ0v) is 16.5. The third kappa shape index (κ3) is 4.87. The van der Waals surface area contributed by atoms with Gasteiger partial charge in [0.15, 0.2) is 0 Å². The second kappa shape index (κ2) is 9.02. The third-order valence-corrected chi connectivity index (χ3v) is 7.15. The Morgan fingerprint density at radius 2 is 1.77 bits per heavy atom. The molecule has 0 spiro atoms. The van der Waals surface area contributed by atoms with Crippen LogP contribution >= 0.6 is 0 Å². The first-order valence-electron chi connectivity index (χ1n) is 9.73. The summed E-state index contributed by atoms with van der Waals surface area (Å²) in [4.78, 5) is 2.74. The highest BCUT2D eigenvalue weighted by atomic mass is 32.2. The lowest BCUT2D eigenvalue weighted by molar-refractivity contribution is 0.189. The Hall–Kier alpha value is -1.37. The van der Waals surface area contributed by atoms with Crippen molar-refractivity contribution in [2.24, 2.45) is 0 Å². The monoisotopic (exact) mass is 378 g/mol. The van der Waals surface area contributed by atoms with E-state index >= 15 is 0 Å². The minimum atomic E-state index is -3.41. The van der Waals surface area contributed by atoms with Gasteiger partial charge >= 0.3 is 0 Å². The highest BCUT2D eigenvalue weighted by Crippen LogP contribution is 2.23. The van der Waals surface area contributed by atoms with Gasteiger partial charge in [0.2, 0.25) is 10.0 Å². The third-order valence-electron chi connectivity index (χ3n) is 5.24. The van der Waals surface area contributed by atoms with Crippen molar-refractivity contribution in [1.29, 1.82) is 0 Å². The largest absolute Gasteiger partial charge is 0.494 e. The van der Waals surface area contributed by atoms with Gasteiger partial charge in [-0.1, -0.05) is 11.6 Å². The van der Waals surface area contributed by atoms with Gasteiger partial charge in [-0.25, -0.2) is 8.42 Å². The molecule has 3 rings (SSSR count). The molecule has 1 heterocycles. The lowest BCUT2D eigenvalue weighted by Crippen LogP contribution is -2.48. The molecule has 1 aromatic rings. The molecule has 1 fully saturated rings. The highest BCUT2D eigenvalue weighted by Gasteiger charge is 2.28. The van der Waals surface area contributed by atoms with E-state index in [4.69, 9.17) is 4.74 Å². The lowest BCUT2D eigenvalue weighted by Gasteiger charge is -2.34. The van der Waals surface area contributed by atoms with Crippen molar-refractivity contribution in [1.82, 2.24) is 9.21 Å². The van der Waals surface area contributed by atoms with E-state index in [1.807, 2.05) is 6.92 Å². The van der Waals surface area contributed by atoms with Gasteiger partial charge in [-0.3, -0.25) is 0 Å². The number of piperazine rings is 1. The summed E-state index contributed by atoms with van der Waals surface area (Å²) in [5.74, 6) is 0.702. The van der Waals surface area contributed by atoms with Crippen LogP contribution in [0.25, 0.3) is 0 Å². The molecule has 6 heteroatoms. The normalized spacial score (nSPS) is 20.0. The van der Waals surface area contributed by atoms with E-state index in [1.54, 1.807) is 34.1 Å². The van der Waals surface area contributed by atoms with Crippen molar-refractivity contribution in [3.63, 3.8) is 0 Å². The Morgan fingerprint density at radius 1 is 1.04 bits per heavy atom. The first kappa shape index (κ1) is 19.4. The van der Waals surface area contributed by atoms with E-state index in [0.717, 1.165) is 26.1 Å². The first-order chi connectivity index (χ1) is 12.6. The van der Waals surface area contributed by atoms with Crippen molar-refractivity contribution < 1.29 is 13.2 Å². The number of ether oxygens (including phenoxy) is 1. The molecular formula is C20H30N2O3S. The number of allylic oxidation sites excluding steroid dienone is 1. The maximum absolute atomic E-state index is 12.8. The zero-order valence-electron chi connectivity index (χ0n) is 15.7. The topological polar surface area (TPSA) is 49.9 Å². The van der Waals surface area contributed by atoms with Gasteiger partial charge in [-0.15, -0.1) is 0 Å². The summed E-state index contributed by atoms with van der Waals surface area (Å²) in [6.07, 6.45) is 8.64. The van der Waals surface area contributed by atoms with Gasteiger partial charge in [0.25, 0.3) is 0 Å². The van der Waals surface area contributed by atoms with E-state index in [9.17, 15) is 8.42 Å². The molecule has 0 amide bonds. The van der Waals surface area contributed by atoms with Crippen LogP contribution in [-0.2, 0) is 10.0 Å². The van der Waals surface area contributed by atoms with Crippen molar-refractivity contribution in [2.45, 2.75) is 43.9 Å². The van der Waals surface area contributed by atoms with Crippen LogP contribution in [0.3, 0.4) is 0 Å². The van der Waals surface area contributed by atoms with Gasteiger partial charge in [0, 0.05) is 32.7 Å². The van der Waals surface area contributed by atoms with Crippen LogP contribution in [-0.4, -0.2) is 57.0 Å². The molecule has 1 saturated heterocycles. The molecule has 1 aliphatic carbocycles. The molecule has 0 aromatic heterocycles. The van der Waals surface area contributed by atoms with Gasteiger partial charge in [-0.2, -0.15) is 4.31 Å². The van der Waals surface area contributed by atoms with E-state index in [1.165, 1.54) is 25.7 Å². The van der Waals surface area contributed by atoms with Crippen molar-refractivity contribution >= 4 is 10.0 Å². The fourth-order valence-corrected chi connectivity index (χ4v) is 5.07. The summed E-state index contributed by atoms with van der Waals surface area (Å²) in [6.45, 7) is 6.28. The Bertz CT molecular complexity index is 705. The summed E-state index contributed by atoms with van der Waals surface area (Å²) in [5.41, 5.74) is 1.58. The molecule has 2 aliphatic rings. The number of rotatable bonds is 7. The van der Waals surface area contributed by atoms with Gasteiger partial charge in [0.05, 0.1) is 11.5 Å². The molecule has 0 unspecified atom stereocenters. The molecule has 0 atom stereocenters. The maximum Gasteiger partial charge on any atom is 0.243 e. The summed E-state index contributed by atoms with van der Waals surface area (Å²) in [6, 6.07) is 6.74. The van der Waals surface area contributed by atoms with Crippen molar-refractivity contribution in [3.8, 4) is 5.75 Å². The second-order valence-electron chi connectivity index (χ2n) is 7.01. The van der Waals surface area contributed by atoms with Crippen LogP contribution in [0, 0.1) is 0 Å². The molecule has 144 valence electrons. The molecule has 0 radical (unpaired) electrons. The SMILES string of the molecule is CCOc1ccc(S(=O)(=O)N2CCN(CCC3=CCCCC3)CC2)cc1. The Labute approximate surface area is 157 Å². The summed E-state index contributed by atoms with van der Waals surface area (Å²) >= 11 is 0. The van der Waals surface area contributed by atoms with E-state index < -0.39 is 10.0 Å². The Balaban J connectivity index is 1.52. The van der Waals surface area contributed by atoms with Gasteiger partial charge in [0.1, 0.15) is 5.75 Å². The Kier molecular flexibility index (Phi) is 6.73. The number of benzene rings is 1. The molecule has 0 N–H and O–H groups in total. The quantitative estimate of drug-likeness (QED) is 0.683. The number of nitrogens with zero attached hydrogens (tertiary/aromatic N) is 2. The number of hydrogen-bond acceptors (Lipinski definition) is 4. The van der Waals surface area contributed by atoms with Crippen LogP contribution < -0.4 is 4.74 Å². The average Bonchev–Trinajstić information content (AvgIpc) is 2.68. The Morgan fingerprint density at radius 3 is 2.38 bits per heavy atom. The fraction of sp³-hybridized carbons (Fsp3) is 0.600. The zero-order chi connectivity index (χ0) is 18.4. The molecule has 26 heavy (non-hydrogen) atoms. The highest BCUT2D eigenvalue weighted by molar-refractivity contribution is 7.89. The van der Waals surface area contributed by atoms with Crippen LogP contribution in [0.15, 0.2) is 40.8 Å². The molecule has 0 saturated carbocycles. The van der Waals surface area contributed by atoms with Gasteiger partial charge < -0.3 is 9.64 Å². The second-order valence-corrected chi connectivity index (χ2v) is 8.95. The van der Waals surface area contributed by atoms with Crippen LogP contribution in [0.1, 0.15) is 39.0 Å². The van der Waals surface area contributed by atoms with Crippen LogP contribution in [0.2, 0.25) is 0 Å². The first-order valence-corrected chi connectivity index (χ1v) is 11.2. The summed E-state index contributed by atoms with van der Waals surface area (Å²) < 4.78 is 32.7. The van der Waals surface area contributed by atoms with E-state index in [-0.39, 0.29) is 0 Å². The predicted molar refractivity (Wildman–Crippen MR) is 104 cm³/mol. The molecule has 5 nitrogen and oxygen atoms in total. The van der Waals surface area contributed by atoms with Crippen molar-refractivity contribution in [3.05, 3.63) is 35.9 Å². The number of hydrogen-bond donors (Lipinski definition) is 0. The van der Waals surface area contributed by atoms with Crippen LogP contribution in [0.5, 0.6) is 5.75 Å². The summed E-state index contributed by atoms with van der Waals surface area (Å²) in [5, 5.41) is 0. The minimum absolute atomic E-state index is 0.349. The standard InChI is InChI=1S/C20H30N2O3S/c1-2-25-19-8-10-20(11-9-19)26(23,24)22-16-14-21(15-17-22)13-12-18-6-4-3-5-7-18/h6,8-11H,2-5,7,12-17H2,1H3.